The van der Waals surface area contributed by atoms with Gasteiger partial charge in [0.15, 0.2) is 0 Å². The summed E-state index contributed by atoms with van der Waals surface area (Å²) in [5.41, 5.74) is 7.67. The van der Waals surface area contributed by atoms with Gasteiger partial charge in [0.05, 0.1) is 16.4 Å². The number of halogens is 1. The second-order valence-corrected chi connectivity index (χ2v) is 4.11. The van der Waals surface area contributed by atoms with Crippen LogP contribution in [0.3, 0.4) is 0 Å². The molecule has 1 unspecified atom stereocenters. The van der Waals surface area contributed by atoms with E-state index in [-0.39, 0.29) is 0 Å². The van der Waals surface area contributed by atoms with E-state index in [0.717, 1.165) is 29.3 Å². The summed E-state index contributed by atoms with van der Waals surface area (Å²) in [6.45, 7) is 4.86. The minimum atomic E-state index is 0.451. The van der Waals surface area contributed by atoms with Crippen LogP contribution in [0.4, 0.5) is 0 Å². The second kappa shape index (κ2) is 4.80. The van der Waals surface area contributed by atoms with E-state index < -0.39 is 0 Å². The fourth-order valence-corrected chi connectivity index (χ4v) is 1.83. The molecule has 2 N–H and O–H groups in total. The summed E-state index contributed by atoms with van der Waals surface area (Å²) in [4.78, 5) is 0. The highest BCUT2D eigenvalue weighted by Gasteiger charge is 2.14. The molecule has 1 heterocycles. The monoisotopic (exact) mass is 215 g/mol. The molecule has 0 aliphatic rings. The predicted molar refractivity (Wildman–Crippen MR) is 59.5 cm³/mol. The van der Waals surface area contributed by atoms with Crippen molar-refractivity contribution in [3.05, 3.63) is 16.4 Å². The summed E-state index contributed by atoms with van der Waals surface area (Å²) in [7, 11) is 1.93. The molecule has 0 aliphatic carbocycles. The van der Waals surface area contributed by atoms with Crippen molar-refractivity contribution in [2.45, 2.75) is 26.7 Å². The maximum absolute atomic E-state index is 6.21. The van der Waals surface area contributed by atoms with E-state index in [9.17, 15) is 0 Å². The van der Waals surface area contributed by atoms with Gasteiger partial charge in [-0.15, -0.1) is 0 Å². The maximum atomic E-state index is 6.21. The van der Waals surface area contributed by atoms with Crippen molar-refractivity contribution in [1.29, 1.82) is 0 Å². The lowest BCUT2D eigenvalue weighted by Crippen LogP contribution is -2.15. The Balaban J connectivity index is 2.90. The number of aryl methyl sites for hydroxylation is 2. The average molecular weight is 216 g/mol. The molecule has 80 valence electrons. The van der Waals surface area contributed by atoms with Gasteiger partial charge in [0.2, 0.25) is 0 Å². The van der Waals surface area contributed by atoms with Crippen molar-refractivity contribution in [1.82, 2.24) is 9.78 Å². The van der Waals surface area contributed by atoms with Crippen molar-refractivity contribution < 1.29 is 0 Å². The summed E-state index contributed by atoms with van der Waals surface area (Å²) < 4.78 is 1.87. The molecule has 14 heavy (non-hydrogen) atoms. The molecule has 0 radical (unpaired) electrons. The van der Waals surface area contributed by atoms with Gasteiger partial charge < -0.3 is 5.73 Å². The third-order valence-corrected chi connectivity index (χ3v) is 2.88. The lowest BCUT2D eigenvalue weighted by molar-refractivity contribution is 0.558. The molecule has 1 rings (SSSR count). The molecule has 3 nitrogen and oxygen atoms in total. The smallest absolute Gasteiger partial charge is 0.0849 e. The third-order valence-electron chi connectivity index (χ3n) is 2.45. The lowest BCUT2D eigenvalue weighted by Gasteiger charge is -2.08. The standard InChI is InChI=1S/C10H18ClN3/c1-4-8-10(11)9(14(3)13-8)5-7(2)6-12/h7H,4-6,12H2,1-3H3. The van der Waals surface area contributed by atoms with Gasteiger partial charge >= 0.3 is 0 Å². The number of nitrogens with zero attached hydrogens (tertiary/aromatic N) is 2. The predicted octanol–water partition coefficient (Wildman–Crippen LogP) is 1.77. The highest BCUT2D eigenvalue weighted by Crippen LogP contribution is 2.22. The highest BCUT2D eigenvalue weighted by atomic mass is 35.5. The molecular weight excluding hydrogens is 198 g/mol. The number of aromatic nitrogens is 2. The van der Waals surface area contributed by atoms with E-state index in [0.29, 0.717) is 12.5 Å². The van der Waals surface area contributed by atoms with Crippen LogP contribution < -0.4 is 5.73 Å². The van der Waals surface area contributed by atoms with Gasteiger partial charge in [0.25, 0.3) is 0 Å². The summed E-state index contributed by atoms with van der Waals surface area (Å²) in [6, 6.07) is 0. The van der Waals surface area contributed by atoms with Gasteiger partial charge in [-0.3, -0.25) is 4.68 Å². The molecule has 1 aromatic rings. The molecule has 0 aliphatic heterocycles. The topological polar surface area (TPSA) is 43.8 Å². The van der Waals surface area contributed by atoms with Gasteiger partial charge in [-0.05, 0) is 25.3 Å². The van der Waals surface area contributed by atoms with Crippen LogP contribution in [0.15, 0.2) is 0 Å². The molecule has 1 atom stereocenters. The normalized spacial score (nSPS) is 13.2. The van der Waals surface area contributed by atoms with Crippen LogP contribution >= 0.6 is 11.6 Å². The average Bonchev–Trinajstić information content (AvgIpc) is 2.44. The quantitative estimate of drug-likeness (QED) is 0.832. The molecule has 1 aromatic heterocycles. The Hall–Kier alpha value is -0.540. The number of hydrogen-bond acceptors (Lipinski definition) is 2. The van der Waals surface area contributed by atoms with Crippen LogP contribution in [-0.4, -0.2) is 16.3 Å². The Morgan fingerprint density at radius 3 is 2.64 bits per heavy atom. The minimum absolute atomic E-state index is 0.451. The van der Waals surface area contributed by atoms with E-state index in [1.807, 2.05) is 11.7 Å². The van der Waals surface area contributed by atoms with E-state index in [1.54, 1.807) is 0 Å². The summed E-state index contributed by atoms with van der Waals surface area (Å²) in [5.74, 6) is 0.451. The molecule has 0 spiro atoms. The van der Waals surface area contributed by atoms with Crippen molar-refractivity contribution in [3.8, 4) is 0 Å². The van der Waals surface area contributed by atoms with E-state index in [4.69, 9.17) is 17.3 Å². The van der Waals surface area contributed by atoms with Crippen molar-refractivity contribution in [2.75, 3.05) is 6.54 Å². The Morgan fingerprint density at radius 1 is 1.57 bits per heavy atom. The van der Waals surface area contributed by atoms with Gasteiger partial charge in [0, 0.05) is 7.05 Å². The molecular formula is C10H18ClN3. The summed E-state index contributed by atoms with van der Waals surface area (Å²) >= 11 is 6.21. The Morgan fingerprint density at radius 2 is 2.21 bits per heavy atom. The zero-order chi connectivity index (χ0) is 10.7. The first kappa shape index (κ1) is 11.5. The zero-order valence-electron chi connectivity index (χ0n) is 9.05. The zero-order valence-corrected chi connectivity index (χ0v) is 9.80. The van der Waals surface area contributed by atoms with E-state index >= 15 is 0 Å². The largest absolute Gasteiger partial charge is 0.330 e. The molecule has 0 amide bonds. The van der Waals surface area contributed by atoms with Crippen LogP contribution in [0.25, 0.3) is 0 Å². The number of rotatable bonds is 4. The van der Waals surface area contributed by atoms with Gasteiger partial charge in [-0.1, -0.05) is 25.4 Å². The Kier molecular flexibility index (Phi) is 3.96. The van der Waals surface area contributed by atoms with Crippen molar-refractivity contribution in [2.24, 2.45) is 18.7 Å². The van der Waals surface area contributed by atoms with Crippen LogP contribution in [0, 0.1) is 5.92 Å². The molecule has 0 aromatic carbocycles. The fourth-order valence-electron chi connectivity index (χ4n) is 1.45. The molecule has 4 heteroatoms. The van der Waals surface area contributed by atoms with Crippen LogP contribution in [0.1, 0.15) is 25.2 Å². The van der Waals surface area contributed by atoms with Crippen molar-refractivity contribution >= 4 is 11.6 Å². The van der Waals surface area contributed by atoms with Crippen LogP contribution in [0.2, 0.25) is 5.02 Å². The SMILES string of the molecule is CCc1nn(C)c(CC(C)CN)c1Cl. The second-order valence-electron chi connectivity index (χ2n) is 3.73. The molecule has 0 saturated carbocycles. The Bertz CT molecular complexity index is 307. The summed E-state index contributed by atoms with van der Waals surface area (Å²) in [5, 5.41) is 5.18. The van der Waals surface area contributed by atoms with Gasteiger partial charge in [-0.25, -0.2) is 0 Å². The third kappa shape index (κ3) is 2.28. The Labute approximate surface area is 90.2 Å². The van der Waals surface area contributed by atoms with Gasteiger partial charge in [-0.2, -0.15) is 5.10 Å². The van der Waals surface area contributed by atoms with E-state index in [2.05, 4.69) is 18.9 Å². The molecule has 0 bridgehead atoms. The van der Waals surface area contributed by atoms with Crippen LogP contribution in [-0.2, 0) is 19.9 Å². The first-order valence-corrected chi connectivity index (χ1v) is 5.38. The van der Waals surface area contributed by atoms with E-state index in [1.165, 1.54) is 0 Å². The fraction of sp³-hybridized carbons (Fsp3) is 0.700. The van der Waals surface area contributed by atoms with Gasteiger partial charge in [0.1, 0.15) is 0 Å². The maximum Gasteiger partial charge on any atom is 0.0849 e. The van der Waals surface area contributed by atoms with Crippen LogP contribution in [0.5, 0.6) is 0 Å². The number of hydrogen-bond donors (Lipinski definition) is 1. The first-order chi connectivity index (χ1) is 6.60. The lowest BCUT2D eigenvalue weighted by atomic mass is 10.1. The highest BCUT2D eigenvalue weighted by molar-refractivity contribution is 6.31. The summed E-state index contributed by atoms with van der Waals surface area (Å²) in [6.07, 6.45) is 1.78. The van der Waals surface area contributed by atoms with Crippen molar-refractivity contribution in [3.63, 3.8) is 0 Å². The minimum Gasteiger partial charge on any atom is -0.330 e. The number of nitrogens with two attached hydrogens (primary N) is 1. The molecule has 0 fully saturated rings. The molecule has 0 saturated heterocycles. The first-order valence-electron chi connectivity index (χ1n) is 5.00.